The molecule has 6 heteroatoms. The van der Waals surface area contributed by atoms with Crippen LogP contribution in [-0.2, 0) is 19.6 Å². The molecule has 0 rings (SSSR count). The largest absolute Gasteiger partial charge is 0.468 e. The van der Waals surface area contributed by atoms with Crippen molar-refractivity contribution in [3.63, 3.8) is 0 Å². The highest BCUT2D eigenvalue weighted by atomic mass is 32.2. The monoisotopic (exact) mass is 223 g/mol. The minimum atomic E-state index is -3.50. The van der Waals surface area contributed by atoms with E-state index in [1.165, 1.54) is 0 Å². The lowest BCUT2D eigenvalue weighted by Gasteiger charge is -2.04. The minimum Gasteiger partial charge on any atom is -0.468 e. The Morgan fingerprint density at radius 1 is 1.36 bits per heavy atom. The fourth-order valence-corrected chi connectivity index (χ4v) is 1.85. The molecule has 0 aliphatic carbocycles. The van der Waals surface area contributed by atoms with Crippen molar-refractivity contribution in [1.82, 2.24) is 4.72 Å². The number of hydrogen-bond acceptors (Lipinski definition) is 4. The third-order valence-corrected chi connectivity index (χ3v) is 2.90. The van der Waals surface area contributed by atoms with E-state index in [4.69, 9.17) is 0 Å². The van der Waals surface area contributed by atoms with Crippen LogP contribution >= 0.6 is 0 Å². The van der Waals surface area contributed by atoms with Gasteiger partial charge in [0.05, 0.1) is 7.11 Å². The Labute approximate surface area is 84.9 Å². The second-order valence-corrected chi connectivity index (χ2v) is 4.74. The lowest BCUT2D eigenvalue weighted by molar-refractivity contribution is -0.137. The second kappa shape index (κ2) is 6.78. The first-order valence-electron chi connectivity index (χ1n) is 4.56. The van der Waals surface area contributed by atoms with Crippen LogP contribution in [0.3, 0.4) is 0 Å². The van der Waals surface area contributed by atoms with Gasteiger partial charge in [0, 0.05) is 6.54 Å². The molecule has 0 aromatic carbocycles. The van der Waals surface area contributed by atoms with Crippen LogP contribution < -0.4 is 4.72 Å². The summed E-state index contributed by atoms with van der Waals surface area (Å²) in [5.41, 5.74) is 0. The van der Waals surface area contributed by atoms with E-state index >= 15 is 0 Å². The van der Waals surface area contributed by atoms with E-state index in [-0.39, 0.29) is 0 Å². The topological polar surface area (TPSA) is 72.5 Å². The lowest BCUT2D eigenvalue weighted by Crippen LogP contribution is -2.31. The van der Waals surface area contributed by atoms with E-state index in [1.807, 2.05) is 6.92 Å². The van der Waals surface area contributed by atoms with Crippen molar-refractivity contribution in [3.8, 4) is 0 Å². The van der Waals surface area contributed by atoms with Gasteiger partial charge in [-0.25, -0.2) is 13.1 Å². The molecule has 5 nitrogen and oxygen atoms in total. The van der Waals surface area contributed by atoms with Gasteiger partial charge in [0.2, 0.25) is 10.0 Å². The summed E-state index contributed by atoms with van der Waals surface area (Å²) >= 11 is 0. The first kappa shape index (κ1) is 13.4. The van der Waals surface area contributed by atoms with Crippen LogP contribution in [0, 0.1) is 0 Å². The minimum absolute atomic E-state index is 0.382. The van der Waals surface area contributed by atoms with Gasteiger partial charge >= 0.3 is 5.97 Å². The molecule has 84 valence electrons. The van der Waals surface area contributed by atoms with E-state index < -0.39 is 21.7 Å². The van der Waals surface area contributed by atoms with Gasteiger partial charge in [-0.15, -0.1) is 0 Å². The molecule has 0 aromatic heterocycles. The summed E-state index contributed by atoms with van der Waals surface area (Å²) in [5.74, 6) is -1.34. The highest BCUT2D eigenvalue weighted by Gasteiger charge is 2.15. The van der Waals surface area contributed by atoms with Gasteiger partial charge in [-0.2, -0.15) is 0 Å². The summed E-state index contributed by atoms with van der Waals surface area (Å²) in [6, 6.07) is 0. The number of rotatable bonds is 7. The number of esters is 1. The molecule has 0 saturated heterocycles. The predicted octanol–water partition coefficient (Wildman–Crippen LogP) is 0.269. The molecule has 0 amide bonds. The standard InChI is InChI=1S/C8H17NO4S/c1-3-4-5-6-9-14(11,12)7-8(10)13-2/h9H,3-7H2,1-2H3. The van der Waals surface area contributed by atoms with Crippen molar-refractivity contribution < 1.29 is 17.9 Å². The lowest BCUT2D eigenvalue weighted by atomic mass is 10.3. The van der Waals surface area contributed by atoms with Crippen LogP contribution in [0.1, 0.15) is 26.2 Å². The number of sulfonamides is 1. The number of nitrogens with one attached hydrogen (secondary N) is 1. The van der Waals surface area contributed by atoms with Crippen molar-refractivity contribution in [3.05, 3.63) is 0 Å². The molecule has 0 heterocycles. The smallest absolute Gasteiger partial charge is 0.322 e. The Hall–Kier alpha value is -0.620. The van der Waals surface area contributed by atoms with E-state index in [1.54, 1.807) is 0 Å². The maximum absolute atomic E-state index is 11.2. The number of hydrogen-bond donors (Lipinski definition) is 1. The van der Waals surface area contributed by atoms with E-state index in [0.29, 0.717) is 6.54 Å². The average molecular weight is 223 g/mol. The van der Waals surface area contributed by atoms with Crippen molar-refractivity contribution >= 4 is 16.0 Å². The molecule has 1 N–H and O–H groups in total. The molecule has 0 aliphatic heterocycles. The van der Waals surface area contributed by atoms with Crippen molar-refractivity contribution in [2.24, 2.45) is 0 Å². The molecular formula is C8H17NO4S. The molecule has 0 aromatic rings. The maximum atomic E-state index is 11.2. The molecule has 0 radical (unpaired) electrons. The van der Waals surface area contributed by atoms with Crippen molar-refractivity contribution in [1.29, 1.82) is 0 Å². The van der Waals surface area contributed by atoms with Gasteiger partial charge in [-0.1, -0.05) is 19.8 Å². The van der Waals surface area contributed by atoms with Gasteiger partial charge in [0.15, 0.2) is 5.75 Å². The van der Waals surface area contributed by atoms with E-state index in [9.17, 15) is 13.2 Å². The molecule has 0 unspecified atom stereocenters. The number of methoxy groups -OCH3 is 1. The molecule has 14 heavy (non-hydrogen) atoms. The SMILES string of the molecule is CCCCCNS(=O)(=O)CC(=O)OC. The maximum Gasteiger partial charge on any atom is 0.322 e. The van der Waals surface area contributed by atoms with Gasteiger partial charge in [-0.3, -0.25) is 4.79 Å². The van der Waals surface area contributed by atoms with Crippen molar-refractivity contribution in [2.75, 3.05) is 19.4 Å². The summed E-state index contributed by atoms with van der Waals surface area (Å²) in [6.45, 7) is 2.41. The molecule has 0 atom stereocenters. The first-order chi connectivity index (χ1) is 6.52. The highest BCUT2D eigenvalue weighted by molar-refractivity contribution is 7.90. The van der Waals surface area contributed by atoms with Gasteiger partial charge in [-0.05, 0) is 6.42 Å². The van der Waals surface area contributed by atoms with Crippen LogP contribution in [0.4, 0.5) is 0 Å². The fraction of sp³-hybridized carbons (Fsp3) is 0.875. The molecule has 0 fully saturated rings. The Morgan fingerprint density at radius 2 is 2.00 bits per heavy atom. The predicted molar refractivity (Wildman–Crippen MR) is 53.3 cm³/mol. The third kappa shape index (κ3) is 6.85. The molecule has 0 aliphatic rings. The Balaban J connectivity index is 3.79. The summed E-state index contributed by atoms with van der Waals surface area (Å²) in [5, 5.41) is 0. The number of carbonyl (C=O) groups excluding carboxylic acids is 1. The molecule has 0 spiro atoms. The zero-order valence-corrected chi connectivity index (χ0v) is 9.39. The van der Waals surface area contributed by atoms with Crippen molar-refractivity contribution in [2.45, 2.75) is 26.2 Å². The first-order valence-corrected chi connectivity index (χ1v) is 6.21. The summed E-state index contributed by atoms with van der Waals surface area (Å²) in [4.78, 5) is 10.7. The Morgan fingerprint density at radius 3 is 2.50 bits per heavy atom. The van der Waals surface area contributed by atoms with Gasteiger partial charge in [0.1, 0.15) is 0 Å². The van der Waals surface area contributed by atoms with E-state index in [0.717, 1.165) is 26.4 Å². The molecule has 0 bridgehead atoms. The Kier molecular flexibility index (Phi) is 6.48. The number of unbranched alkanes of at least 4 members (excludes halogenated alkanes) is 2. The average Bonchev–Trinajstić information content (AvgIpc) is 2.12. The normalized spacial score (nSPS) is 11.3. The number of carbonyl (C=O) groups is 1. The van der Waals surface area contributed by atoms with Gasteiger partial charge in [0.25, 0.3) is 0 Å². The van der Waals surface area contributed by atoms with Crippen LogP contribution in [0.15, 0.2) is 0 Å². The van der Waals surface area contributed by atoms with Crippen LogP contribution in [0.2, 0.25) is 0 Å². The highest BCUT2D eigenvalue weighted by Crippen LogP contribution is 1.93. The molecule has 0 saturated carbocycles. The number of ether oxygens (including phenoxy) is 1. The quantitative estimate of drug-likeness (QED) is 0.496. The second-order valence-electron chi connectivity index (χ2n) is 2.94. The van der Waals surface area contributed by atoms with Crippen LogP contribution in [0.5, 0.6) is 0 Å². The van der Waals surface area contributed by atoms with Crippen LogP contribution in [0.25, 0.3) is 0 Å². The third-order valence-electron chi connectivity index (χ3n) is 1.64. The van der Waals surface area contributed by atoms with Crippen LogP contribution in [-0.4, -0.2) is 33.8 Å². The molecular weight excluding hydrogens is 206 g/mol. The summed E-state index contributed by atoms with van der Waals surface area (Å²) < 4.78 is 28.9. The Bertz CT molecular complexity index is 261. The summed E-state index contributed by atoms with van der Waals surface area (Å²) in [6.07, 6.45) is 2.79. The fourth-order valence-electron chi connectivity index (χ4n) is 0.868. The summed E-state index contributed by atoms with van der Waals surface area (Å²) in [7, 11) is -2.34. The van der Waals surface area contributed by atoms with Gasteiger partial charge < -0.3 is 4.74 Å². The zero-order chi connectivity index (χ0) is 11.0. The van der Waals surface area contributed by atoms with E-state index in [2.05, 4.69) is 9.46 Å². The zero-order valence-electron chi connectivity index (χ0n) is 8.58.